The van der Waals surface area contributed by atoms with Crippen LogP contribution in [-0.4, -0.2) is 17.3 Å². The molecule has 3 aromatic rings. The van der Waals surface area contributed by atoms with Crippen LogP contribution < -0.4 is 4.80 Å². The summed E-state index contributed by atoms with van der Waals surface area (Å²) in [6.45, 7) is 8.13. The Balaban J connectivity index is 1.79. The highest BCUT2D eigenvalue weighted by atomic mass is 32.1. The SMILES string of the molecule is Cc1ccc(-c2csc(=Nc3ccc(C)c(C)c3)n2CC2CCCO2)cc1. The molecule has 0 amide bonds. The van der Waals surface area contributed by atoms with E-state index in [1.54, 1.807) is 11.3 Å². The van der Waals surface area contributed by atoms with Crippen LogP contribution in [0.4, 0.5) is 5.69 Å². The minimum absolute atomic E-state index is 0.280. The first kappa shape index (κ1) is 18.2. The van der Waals surface area contributed by atoms with Crippen LogP contribution in [-0.2, 0) is 11.3 Å². The Kier molecular flexibility index (Phi) is 5.28. The van der Waals surface area contributed by atoms with E-state index in [-0.39, 0.29) is 6.10 Å². The first-order valence-electron chi connectivity index (χ1n) is 9.59. The molecule has 2 heterocycles. The van der Waals surface area contributed by atoms with Crippen LogP contribution in [0.15, 0.2) is 52.8 Å². The molecule has 0 bridgehead atoms. The molecule has 4 heteroatoms. The van der Waals surface area contributed by atoms with E-state index in [2.05, 4.69) is 73.2 Å². The van der Waals surface area contributed by atoms with Gasteiger partial charge in [-0.05, 0) is 62.4 Å². The summed E-state index contributed by atoms with van der Waals surface area (Å²) < 4.78 is 8.25. The Hall–Kier alpha value is -2.17. The summed E-state index contributed by atoms with van der Waals surface area (Å²) in [6.07, 6.45) is 2.56. The largest absolute Gasteiger partial charge is 0.376 e. The van der Waals surface area contributed by atoms with Gasteiger partial charge in [0, 0.05) is 12.0 Å². The maximum atomic E-state index is 5.92. The van der Waals surface area contributed by atoms with Gasteiger partial charge in [-0.25, -0.2) is 4.99 Å². The molecule has 3 nitrogen and oxygen atoms in total. The van der Waals surface area contributed by atoms with Crippen LogP contribution >= 0.6 is 11.3 Å². The van der Waals surface area contributed by atoms with Gasteiger partial charge < -0.3 is 9.30 Å². The van der Waals surface area contributed by atoms with E-state index in [0.29, 0.717) is 0 Å². The number of hydrogen-bond acceptors (Lipinski definition) is 3. The molecule has 0 N–H and O–H groups in total. The number of ether oxygens (including phenoxy) is 1. The van der Waals surface area contributed by atoms with Gasteiger partial charge >= 0.3 is 0 Å². The third-order valence-corrected chi connectivity index (χ3v) is 6.13. The summed E-state index contributed by atoms with van der Waals surface area (Å²) >= 11 is 1.70. The van der Waals surface area contributed by atoms with Crippen LogP contribution in [0.25, 0.3) is 11.3 Å². The first-order valence-corrected chi connectivity index (χ1v) is 10.5. The number of hydrogen-bond donors (Lipinski definition) is 0. The smallest absolute Gasteiger partial charge is 0.190 e. The molecule has 1 unspecified atom stereocenters. The van der Waals surface area contributed by atoms with Crippen molar-refractivity contribution in [3.05, 3.63) is 69.3 Å². The summed E-state index contributed by atoms with van der Waals surface area (Å²) in [5, 5.41) is 2.22. The minimum Gasteiger partial charge on any atom is -0.376 e. The van der Waals surface area contributed by atoms with Gasteiger partial charge in [-0.15, -0.1) is 11.3 Å². The summed E-state index contributed by atoms with van der Waals surface area (Å²) in [6, 6.07) is 15.1. The molecule has 0 aliphatic carbocycles. The maximum Gasteiger partial charge on any atom is 0.190 e. The number of benzene rings is 2. The summed E-state index contributed by atoms with van der Waals surface area (Å²) in [4.78, 5) is 6.01. The zero-order valence-corrected chi connectivity index (χ0v) is 17.1. The Morgan fingerprint density at radius 3 is 2.59 bits per heavy atom. The molecule has 1 aromatic heterocycles. The van der Waals surface area contributed by atoms with E-state index in [4.69, 9.17) is 9.73 Å². The van der Waals surface area contributed by atoms with Crippen molar-refractivity contribution in [2.45, 2.75) is 46.3 Å². The van der Waals surface area contributed by atoms with Crippen LogP contribution in [0.1, 0.15) is 29.5 Å². The van der Waals surface area contributed by atoms with E-state index in [0.717, 1.165) is 36.5 Å². The molecule has 1 fully saturated rings. The molecule has 0 saturated carbocycles. The first-order chi connectivity index (χ1) is 13.1. The highest BCUT2D eigenvalue weighted by Crippen LogP contribution is 2.24. The Morgan fingerprint density at radius 1 is 1.07 bits per heavy atom. The van der Waals surface area contributed by atoms with Crippen LogP contribution in [0.5, 0.6) is 0 Å². The number of thiazole rings is 1. The van der Waals surface area contributed by atoms with Gasteiger partial charge in [0.05, 0.1) is 24.0 Å². The Labute approximate surface area is 165 Å². The van der Waals surface area contributed by atoms with Gasteiger partial charge in [0.15, 0.2) is 4.80 Å². The summed E-state index contributed by atoms with van der Waals surface area (Å²) in [7, 11) is 0. The van der Waals surface area contributed by atoms with Crippen molar-refractivity contribution >= 4 is 17.0 Å². The van der Waals surface area contributed by atoms with Gasteiger partial charge in [-0.3, -0.25) is 0 Å². The number of aryl methyl sites for hydroxylation is 3. The number of aromatic nitrogens is 1. The molecule has 1 atom stereocenters. The predicted octanol–water partition coefficient (Wildman–Crippen LogP) is 5.55. The molecule has 1 saturated heterocycles. The molecule has 1 aliphatic heterocycles. The maximum absolute atomic E-state index is 5.92. The lowest BCUT2D eigenvalue weighted by Gasteiger charge is -2.14. The fourth-order valence-corrected chi connectivity index (χ4v) is 4.39. The molecule has 2 aromatic carbocycles. The van der Waals surface area contributed by atoms with Gasteiger partial charge in [0.25, 0.3) is 0 Å². The second-order valence-electron chi connectivity index (χ2n) is 7.40. The summed E-state index contributed by atoms with van der Waals surface area (Å²) in [5.41, 5.74) is 7.32. The summed E-state index contributed by atoms with van der Waals surface area (Å²) in [5.74, 6) is 0. The quantitative estimate of drug-likeness (QED) is 0.584. The fourth-order valence-electron chi connectivity index (χ4n) is 3.45. The number of rotatable bonds is 4. The van der Waals surface area contributed by atoms with E-state index in [1.807, 2.05) is 0 Å². The predicted molar refractivity (Wildman–Crippen MR) is 113 cm³/mol. The average Bonchev–Trinajstić information content (AvgIpc) is 3.30. The van der Waals surface area contributed by atoms with Crippen molar-refractivity contribution in [1.82, 2.24) is 4.57 Å². The normalized spacial score (nSPS) is 17.6. The van der Waals surface area contributed by atoms with Crippen LogP contribution in [0.2, 0.25) is 0 Å². The third-order valence-electron chi connectivity index (χ3n) is 5.27. The van der Waals surface area contributed by atoms with Crippen molar-refractivity contribution in [1.29, 1.82) is 0 Å². The van der Waals surface area contributed by atoms with E-state index in [9.17, 15) is 0 Å². The third kappa shape index (κ3) is 4.07. The average molecular weight is 379 g/mol. The second-order valence-corrected chi connectivity index (χ2v) is 8.23. The van der Waals surface area contributed by atoms with Crippen LogP contribution in [0, 0.1) is 20.8 Å². The molecule has 0 spiro atoms. The van der Waals surface area contributed by atoms with Crippen molar-refractivity contribution in [2.75, 3.05) is 6.61 Å². The highest BCUT2D eigenvalue weighted by Gasteiger charge is 2.19. The molecular weight excluding hydrogens is 352 g/mol. The van der Waals surface area contributed by atoms with Crippen LogP contribution in [0.3, 0.4) is 0 Å². The van der Waals surface area contributed by atoms with E-state index in [1.165, 1.54) is 27.9 Å². The molecule has 0 radical (unpaired) electrons. The minimum atomic E-state index is 0.280. The Bertz CT molecular complexity index is 992. The highest BCUT2D eigenvalue weighted by molar-refractivity contribution is 7.07. The molecule has 4 rings (SSSR count). The Morgan fingerprint density at radius 2 is 1.89 bits per heavy atom. The van der Waals surface area contributed by atoms with Crippen molar-refractivity contribution in [3.63, 3.8) is 0 Å². The zero-order valence-electron chi connectivity index (χ0n) is 16.2. The van der Waals surface area contributed by atoms with Gasteiger partial charge in [-0.2, -0.15) is 0 Å². The van der Waals surface area contributed by atoms with E-state index >= 15 is 0 Å². The van der Waals surface area contributed by atoms with Gasteiger partial charge in [-0.1, -0.05) is 35.9 Å². The number of nitrogens with zero attached hydrogens (tertiary/aromatic N) is 2. The second kappa shape index (κ2) is 7.83. The van der Waals surface area contributed by atoms with Crippen molar-refractivity contribution < 1.29 is 4.74 Å². The van der Waals surface area contributed by atoms with Crippen molar-refractivity contribution in [2.24, 2.45) is 4.99 Å². The van der Waals surface area contributed by atoms with Gasteiger partial charge in [0.2, 0.25) is 0 Å². The molecule has 1 aliphatic rings. The lowest BCUT2D eigenvalue weighted by Crippen LogP contribution is -2.24. The van der Waals surface area contributed by atoms with Gasteiger partial charge in [0.1, 0.15) is 0 Å². The molecule has 27 heavy (non-hydrogen) atoms. The lowest BCUT2D eigenvalue weighted by molar-refractivity contribution is 0.0968. The standard InChI is InChI=1S/C23H26N2OS/c1-16-6-9-19(10-7-16)22-15-27-23(25(22)14-21-5-4-12-26-21)24-20-11-8-17(2)18(3)13-20/h6-11,13,15,21H,4-5,12,14H2,1-3H3. The monoisotopic (exact) mass is 378 g/mol. The molecule has 140 valence electrons. The molecular formula is C23H26N2OS. The van der Waals surface area contributed by atoms with Crippen molar-refractivity contribution in [3.8, 4) is 11.3 Å². The van der Waals surface area contributed by atoms with E-state index < -0.39 is 0 Å². The zero-order chi connectivity index (χ0) is 18.8. The lowest BCUT2D eigenvalue weighted by atomic mass is 10.1. The fraction of sp³-hybridized carbons (Fsp3) is 0.348. The topological polar surface area (TPSA) is 26.5 Å².